The van der Waals surface area contributed by atoms with Gasteiger partial charge in [0, 0.05) is 18.5 Å². The van der Waals surface area contributed by atoms with Crippen molar-refractivity contribution < 1.29 is 9.21 Å². The molecule has 3 heterocycles. The Morgan fingerprint density at radius 2 is 2.18 bits per heavy atom. The molecule has 2 N–H and O–H groups in total. The molecule has 1 unspecified atom stereocenters. The fourth-order valence-electron chi connectivity index (χ4n) is 3.14. The topological polar surface area (TPSA) is 85.3 Å². The second kappa shape index (κ2) is 4.98. The maximum atomic E-state index is 11.5. The lowest BCUT2D eigenvalue weighted by molar-refractivity contribution is -0.122. The highest BCUT2D eigenvalue weighted by Gasteiger charge is 2.27. The van der Waals surface area contributed by atoms with Crippen molar-refractivity contribution in [2.45, 2.75) is 12.8 Å². The number of nitrogens with zero attached hydrogens (tertiary/aromatic N) is 3. The molecule has 2 aromatic heterocycles. The first-order valence-electron chi connectivity index (χ1n) is 7.40. The molecule has 1 aliphatic rings. The molecule has 6 nitrogen and oxygen atoms in total. The molecule has 4 rings (SSSR count). The van der Waals surface area contributed by atoms with Gasteiger partial charge in [0.1, 0.15) is 17.4 Å². The van der Waals surface area contributed by atoms with Gasteiger partial charge in [-0.15, -0.1) is 0 Å². The van der Waals surface area contributed by atoms with E-state index < -0.39 is 0 Å². The number of amides is 1. The third kappa shape index (κ3) is 1.99. The minimum Gasteiger partial charge on any atom is -0.450 e. The molecule has 1 atom stereocenters. The molecule has 0 saturated carbocycles. The molecule has 1 aliphatic heterocycles. The van der Waals surface area contributed by atoms with Crippen LogP contribution >= 0.6 is 0 Å². The van der Waals surface area contributed by atoms with Gasteiger partial charge < -0.3 is 15.1 Å². The zero-order chi connectivity index (χ0) is 15.1. The van der Waals surface area contributed by atoms with Crippen LogP contribution in [0.3, 0.4) is 0 Å². The standard InChI is InChI=1S/C16H16N4O2/c17-15(21)10-4-3-7-20(8-10)16-14-13(18-9-19-16)11-5-1-2-6-12(11)22-14/h1-2,5-6,9-10H,3-4,7-8H2,(H2,17,21). The number of aromatic nitrogens is 2. The summed E-state index contributed by atoms with van der Waals surface area (Å²) in [7, 11) is 0. The van der Waals surface area contributed by atoms with E-state index in [-0.39, 0.29) is 11.8 Å². The molecule has 3 aromatic rings. The quantitative estimate of drug-likeness (QED) is 0.782. The van der Waals surface area contributed by atoms with Gasteiger partial charge in [-0.05, 0) is 25.0 Å². The summed E-state index contributed by atoms with van der Waals surface area (Å²) < 4.78 is 5.95. The van der Waals surface area contributed by atoms with Crippen molar-refractivity contribution in [3.63, 3.8) is 0 Å². The van der Waals surface area contributed by atoms with Crippen molar-refractivity contribution >= 4 is 33.8 Å². The number of fused-ring (bicyclic) bond motifs is 3. The second-order valence-corrected chi connectivity index (χ2v) is 5.66. The van der Waals surface area contributed by atoms with Gasteiger partial charge in [0.05, 0.1) is 5.92 Å². The number of carbonyl (C=O) groups is 1. The van der Waals surface area contributed by atoms with Crippen LogP contribution in [0.1, 0.15) is 12.8 Å². The lowest BCUT2D eigenvalue weighted by Gasteiger charge is -2.31. The first kappa shape index (κ1) is 13.1. The van der Waals surface area contributed by atoms with Crippen molar-refractivity contribution in [3.05, 3.63) is 30.6 Å². The van der Waals surface area contributed by atoms with E-state index in [4.69, 9.17) is 10.2 Å². The van der Waals surface area contributed by atoms with E-state index in [2.05, 4.69) is 14.9 Å². The first-order valence-corrected chi connectivity index (χ1v) is 7.40. The number of nitrogens with two attached hydrogens (primary N) is 1. The molecular weight excluding hydrogens is 280 g/mol. The number of benzene rings is 1. The number of furan rings is 1. The Balaban J connectivity index is 1.83. The average Bonchev–Trinajstić information content (AvgIpc) is 2.93. The Bertz CT molecular complexity index is 858. The van der Waals surface area contributed by atoms with Crippen LogP contribution < -0.4 is 10.6 Å². The van der Waals surface area contributed by atoms with Crippen molar-refractivity contribution in [2.24, 2.45) is 11.7 Å². The first-order chi connectivity index (χ1) is 10.7. The van der Waals surface area contributed by atoms with Gasteiger partial charge >= 0.3 is 0 Å². The van der Waals surface area contributed by atoms with Gasteiger partial charge in [0.2, 0.25) is 5.91 Å². The molecular formula is C16H16N4O2. The third-order valence-corrected chi connectivity index (χ3v) is 4.26. The maximum absolute atomic E-state index is 11.5. The lowest BCUT2D eigenvalue weighted by atomic mass is 9.97. The minimum atomic E-state index is -0.250. The summed E-state index contributed by atoms with van der Waals surface area (Å²) in [6.45, 7) is 1.42. The van der Waals surface area contributed by atoms with Crippen molar-refractivity contribution in [2.75, 3.05) is 18.0 Å². The number of rotatable bonds is 2. The normalized spacial score (nSPS) is 18.9. The van der Waals surface area contributed by atoms with Crippen LogP contribution in [-0.2, 0) is 4.79 Å². The highest BCUT2D eigenvalue weighted by molar-refractivity contribution is 6.05. The number of carbonyl (C=O) groups excluding carboxylic acids is 1. The monoisotopic (exact) mass is 296 g/mol. The molecule has 1 amide bonds. The minimum absolute atomic E-state index is 0.136. The predicted octanol–water partition coefficient (Wildman–Crippen LogP) is 2.08. The molecule has 22 heavy (non-hydrogen) atoms. The molecule has 0 spiro atoms. The van der Waals surface area contributed by atoms with Crippen LogP contribution in [0.4, 0.5) is 5.82 Å². The van der Waals surface area contributed by atoms with Crippen LogP contribution in [0, 0.1) is 5.92 Å². The fraction of sp³-hybridized carbons (Fsp3) is 0.312. The van der Waals surface area contributed by atoms with E-state index in [0.29, 0.717) is 12.1 Å². The average molecular weight is 296 g/mol. The van der Waals surface area contributed by atoms with E-state index in [9.17, 15) is 4.79 Å². The van der Waals surface area contributed by atoms with E-state index in [1.165, 1.54) is 0 Å². The Labute approximate surface area is 126 Å². The number of anilines is 1. The highest BCUT2D eigenvalue weighted by atomic mass is 16.3. The van der Waals surface area contributed by atoms with Crippen LogP contribution in [0.5, 0.6) is 0 Å². The largest absolute Gasteiger partial charge is 0.450 e. The van der Waals surface area contributed by atoms with Gasteiger partial charge in [-0.2, -0.15) is 0 Å². The fourth-order valence-corrected chi connectivity index (χ4v) is 3.14. The van der Waals surface area contributed by atoms with Crippen LogP contribution in [-0.4, -0.2) is 29.0 Å². The summed E-state index contributed by atoms with van der Waals surface area (Å²) in [5.41, 5.74) is 7.74. The predicted molar refractivity (Wildman–Crippen MR) is 83.4 cm³/mol. The van der Waals surface area contributed by atoms with E-state index in [1.54, 1.807) is 6.33 Å². The molecule has 112 valence electrons. The van der Waals surface area contributed by atoms with Gasteiger partial charge in [0.15, 0.2) is 11.4 Å². The van der Waals surface area contributed by atoms with E-state index in [1.807, 2.05) is 24.3 Å². The SMILES string of the molecule is NC(=O)C1CCCN(c2ncnc3c2oc2ccccc23)C1. The van der Waals surface area contributed by atoms with Gasteiger partial charge in [-0.1, -0.05) is 12.1 Å². The summed E-state index contributed by atoms with van der Waals surface area (Å²) in [5, 5.41) is 0.976. The number of para-hydroxylation sites is 1. The Kier molecular flexibility index (Phi) is 2.96. The second-order valence-electron chi connectivity index (χ2n) is 5.66. The molecule has 6 heteroatoms. The summed E-state index contributed by atoms with van der Waals surface area (Å²) in [5.74, 6) is 0.356. The van der Waals surface area contributed by atoms with Crippen LogP contribution in [0.15, 0.2) is 35.0 Å². The molecule has 1 fully saturated rings. The van der Waals surface area contributed by atoms with Crippen LogP contribution in [0.25, 0.3) is 22.1 Å². The van der Waals surface area contributed by atoms with Gasteiger partial charge in [0.25, 0.3) is 0 Å². The number of hydrogen-bond acceptors (Lipinski definition) is 5. The zero-order valence-corrected chi connectivity index (χ0v) is 12.0. The molecule has 1 aromatic carbocycles. The lowest BCUT2D eigenvalue weighted by Crippen LogP contribution is -2.41. The summed E-state index contributed by atoms with van der Waals surface area (Å²) in [4.78, 5) is 22.3. The number of piperidine rings is 1. The Morgan fingerprint density at radius 1 is 1.32 bits per heavy atom. The Morgan fingerprint density at radius 3 is 3.05 bits per heavy atom. The third-order valence-electron chi connectivity index (χ3n) is 4.26. The zero-order valence-electron chi connectivity index (χ0n) is 12.0. The molecule has 0 radical (unpaired) electrons. The smallest absolute Gasteiger partial charge is 0.222 e. The molecule has 0 bridgehead atoms. The summed E-state index contributed by atoms with van der Waals surface area (Å²) >= 11 is 0. The molecule has 1 saturated heterocycles. The van der Waals surface area contributed by atoms with Crippen molar-refractivity contribution in [1.29, 1.82) is 0 Å². The van der Waals surface area contributed by atoms with Crippen molar-refractivity contribution in [3.8, 4) is 0 Å². The van der Waals surface area contributed by atoms with Gasteiger partial charge in [-0.25, -0.2) is 9.97 Å². The highest BCUT2D eigenvalue weighted by Crippen LogP contribution is 2.33. The van der Waals surface area contributed by atoms with E-state index >= 15 is 0 Å². The Hall–Kier alpha value is -2.63. The number of hydrogen-bond donors (Lipinski definition) is 1. The van der Waals surface area contributed by atoms with Crippen molar-refractivity contribution in [1.82, 2.24) is 9.97 Å². The maximum Gasteiger partial charge on any atom is 0.222 e. The molecule has 0 aliphatic carbocycles. The van der Waals surface area contributed by atoms with E-state index in [0.717, 1.165) is 41.7 Å². The van der Waals surface area contributed by atoms with Gasteiger partial charge in [-0.3, -0.25) is 4.79 Å². The van der Waals surface area contributed by atoms with Crippen LogP contribution in [0.2, 0.25) is 0 Å². The summed E-state index contributed by atoms with van der Waals surface area (Å²) in [6.07, 6.45) is 3.30. The number of primary amides is 1. The summed E-state index contributed by atoms with van der Waals surface area (Å²) in [6, 6.07) is 7.80.